The molecule has 150 valence electrons. The second kappa shape index (κ2) is 10.0. The molecule has 1 aromatic heterocycles. The van der Waals surface area contributed by atoms with Gasteiger partial charge in [-0.05, 0) is 18.4 Å². The van der Waals surface area contributed by atoms with Crippen LogP contribution in [0.25, 0.3) is 22.0 Å². The Kier molecular flexibility index (Phi) is 6.72. The molecule has 0 aliphatic carbocycles. The van der Waals surface area contributed by atoms with Crippen molar-refractivity contribution in [1.29, 1.82) is 0 Å². The van der Waals surface area contributed by atoms with Crippen LogP contribution >= 0.6 is 11.8 Å². The Labute approximate surface area is 180 Å². The summed E-state index contributed by atoms with van der Waals surface area (Å²) in [5.41, 5.74) is 3.19. The fraction of sp³-hybridized carbons (Fsp3) is 0.160. The van der Waals surface area contributed by atoms with Gasteiger partial charge in [-0.3, -0.25) is 4.79 Å². The number of benzene rings is 3. The Bertz CT molecular complexity index is 1120. The Morgan fingerprint density at radius 3 is 2.23 bits per heavy atom. The molecule has 4 aromatic rings. The lowest BCUT2D eigenvalue weighted by molar-refractivity contribution is -0.118. The van der Waals surface area contributed by atoms with Crippen LogP contribution < -0.4 is 5.32 Å². The van der Waals surface area contributed by atoms with Gasteiger partial charge in [-0.15, -0.1) is 10.2 Å². The Balaban J connectivity index is 1.37. The minimum atomic E-state index is 0.0195. The van der Waals surface area contributed by atoms with Crippen molar-refractivity contribution in [3.8, 4) is 11.3 Å². The predicted molar refractivity (Wildman–Crippen MR) is 123 cm³/mol. The normalized spacial score (nSPS) is 10.8. The van der Waals surface area contributed by atoms with E-state index in [0.29, 0.717) is 12.3 Å². The molecule has 0 spiro atoms. The number of fused-ring (bicyclic) bond motifs is 1. The molecule has 0 saturated heterocycles. The molecule has 0 bridgehead atoms. The maximum atomic E-state index is 12.3. The Morgan fingerprint density at radius 2 is 1.47 bits per heavy atom. The van der Waals surface area contributed by atoms with Gasteiger partial charge in [0.15, 0.2) is 0 Å². The van der Waals surface area contributed by atoms with Gasteiger partial charge in [0.05, 0.1) is 5.75 Å². The van der Waals surface area contributed by atoms with E-state index in [1.165, 1.54) is 17.3 Å². The molecule has 3 aromatic carbocycles. The molecule has 0 unspecified atom stereocenters. The molecule has 4 nitrogen and oxygen atoms in total. The molecule has 0 fully saturated rings. The molecule has 0 aliphatic rings. The SMILES string of the molecule is O=C(CSc1nnc(-c2ccccc2)c2ccccc12)NCCCc1ccccc1. The van der Waals surface area contributed by atoms with Crippen LogP contribution in [0, 0.1) is 0 Å². The van der Waals surface area contributed by atoms with Crippen molar-refractivity contribution < 1.29 is 4.79 Å². The van der Waals surface area contributed by atoms with Crippen LogP contribution in [0.3, 0.4) is 0 Å². The third-order valence-electron chi connectivity index (χ3n) is 4.85. The molecular formula is C25H23N3OS. The number of amides is 1. The van der Waals surface area contributed by atoms with Crippen LogP contribution in [0.1, 0.15) is 12.0 Å². The minimum Gasteiger partial charge on any atom is -0.355 e. The molecule has 1 N–H and O–H groups in total. The number of carbonyl (C=O) groups excluding carboxylic acids is 1. The lowest BCUT2D eigenvalue weighted by atomic mass is 10.1. The van der Waals surface area contributed by atoms with Crippen molar-refractivity contribution in [3.63, 3.8) is 0 Å². The zero-order valence-corrected chi connectivity index (χ0v) is 17.4. The number of hydrogen-bond acceptors (Lipinski definition) is 4. The topological polar surface area (TPSA) is 54.9 Å². The zero-order chi connectivity index (χ0) is 20.6. The second-order valence-electron chi connectivity index (χ2n) is 6.99. The van der Waals surface area contributed by atoms with Crippen LogP contribution in [0.5, 0.6) is 0 Å². The molecule has 30 heavy (non-hydrogen) atoms. The van der Waals surface area contributed by atoms with Gasteiger partial charge in [0.25, 0.3) is 0 Å². The third kappa shape index (κ3) is 5.05. The van der Waals surface area contributed by atoms with Crippen LogP contribution in [-0.4, -0.2) is 28.4 Å². The van der Waals surface area contributed by atoms with Crippen molar-refractivity contribution in [2.24, 2.45) is 0 Å². The van der Waals surface area contributed by atoms with E-state index in [0.717, 1.165) is 39.9 Å². The number of nitrogens with one attached hydrogen (secondary N) is 1. The minimum absolute atomic E-state index is 0.0195. The largest absolute Gasteiger partial charge is 0.355 e. The molecule has 4 rings (SSSR count). The first-order chi connectivity index (χ1) is 14.8. The van der Waals surface area contributed by atoms with Gasteiger partial charge in [-0.2, -0.15) is 0 Å². The number of rotatable bonds is 8. The first kappa shape index (κ1) is 20.1. The fourth-order valence-corrected chi connectivity index (χ4v) is 4.15. The van der Waals surface area contributed by atoms with Crippen LogP contribution in [0.4, 0.5) is 0 Å². The van der Waals surface area contributed by atoms with Crippen molar-refractivity contribution in [2.45, 2.75) is 17.9 Å². The number of aromatic nitrogens is 2. The molecule has 0 radical (unpaired) electrons. The quantitative estimate of drug-likeness (QED) is 0.321. The van der Waals surface area contributed by atoms with E-state index in [1.54, 1.807) is 0 Å². The van der Waals surface area contributed by atoms with Crippen molar-refractivity contribution in [1.82, 2.24) is 15.5 Å². The van der Waals surface area contributed by atoms with Crippen LogP contribution in [-0.2, 0) is 11.2 Å². The van der Waals surface area contributed by atoms with Gasteiger partial charge < -0.3 is 5.32 Å². The zero-order valence-electron chi connectivity index (χ0n) is 16.6. The maximum Gasteiger partial charge on any atom is 0.230 e. The molecular weight excluding hydrogens is 390 g/mol. The average Bonchev–Trinajstić information content (AvgIpc) is 2.81. The van der Waals surface area contributed by atoms with Gasteiger partial charge >= 0.3 is 0 Å². The van der Waals surface area contributed by atoms with E-state index in [1.807, 2.05) is 66.7 Å². The third-order valence-corrected chi connectivity index (χ3v) is 5.83. The van der Waals surface area contributed by atoms with E-state index in [9.17, 15) is 4.79 Å². The summed E-state index contributed by atoms with van der Waals surface area (Å²) in [4.78, 5) is 12.3. The summed E-state index contributed by atoms with van der Waals surface area (Å²) in [6, 6.07) is 28.5. The Hall–Kier alpha value is -3.18. The maximum absolute atomic E-state index is 12.3. The van der Waals surface area contributed by atoms with Crippen molar-refractivity contribution >= 4 is 28.4 Å². The monoisotopic (exact) mass is 413 g/mol. The summed E-state index contributed by atoms with van der Waals surface area (Å²) < 4.78 is 0. The van der Waals surface area contributed by atoms with Gasteiger partial charge in [-0.1, -0.05) is 96.7 Å². The number of thioether (sulfide) groups is 1. The number of hydrogen-bond donors (Lipinski definition) is 1. The molecule has 1 heterocycles. The summed E-state index contributed by atoms with van der Waals surface area (Å²) in [6.07, 6.45) is 1.89. The lowest BCUT2D eigenvalue weighted by Crippen LogP contribution is -2.26. The summed E-state index contributed by atoms with van der Waals surface area (Å²) in [6.45, 7) is 0.674. The van der Waals surface area contributed by atoms with E-state index in [-0.39, 0.29) is 5.91 Å². The molecule has 0 saturated carbocycles. The number of nitrogens with zero attached hydrogens (tertiary/aromatic N) is 2. The summed E-state index contributed by atoms with van der Waals surface area (Å²) >= 11 is 1.43. The van der Waals surface area contributed by atoms with E-state index < -0.39 is 0 Å². The molecule has 0 atom stereocenters. The van der Waals surface area contributed by atoms with E-state index in [4.69, 9.17) is 0 Å². The highest BCUT2D eigenvalue weighted by molar-refractivity contribution is 8.00. The summed E-state index contributed by atoms with van der Waals surface area (Å²) in [5, 5.41) is 14.7. The van der Waals surface area contributed by atoms with Gasteiger partial charge in [0.1, 0.15) is 10.7 Å². The summed E-state index contributed by atoms with van der Waals surface area (Å²) in [5.74, 6) is 0.348. The predicted octanol–water partition coefficient (Wildman–Crippen LogP) is 5.14. The smallest absolute Gasteiger partial charge is 0.230 e. The van der Waals surface area contributed by atoms with Gasteiger partial charge in [-0.25, -0.2) is 0 Å². The van der Waals surface area contributed by atoms with E-state index in [2.05, 4.69) is 33.7 Å². The lowest BCUT2D eigenvalue weighted by Gasteiger charge is -2.09. The van der Waals surface area contributed by atoms with Gasteiger partial charge in [0, 0.05) is 22.9 Å². The highest BCUT2D eigenvalue weighted by Gasteiger charge is 2.12. The Morgan fingerprint density at radius 1 is 0.800 bits per heavy atom. The molecule has 5 heteroatoms. The highest BCUT2D eigenvalue weighted by atomic mass is 32.2. The second-order valence-corrected chi connectivity index (χ2v) is 7.96. The number of carbonyl (C=O) groups is 1. The number of aryl methyl sites for hydroxylation is 1. The van der Waals surface area contributed by atoms with Crippen molar-refractivity contribution in [2.75, 3.05) is 12.3 Å². The standard InChI is InChI=1S/C25H23N3OS/c29-23(26-17-9-12-19-10-3-1-4-11-19)18-30-25-22-16-8-7-15-21(22)24(27-28-25)20-13-5-2-6-14-20/h1-8,10-11,13-16H,9,12,17-18H2,(H,26,29). The van der Waals surface area contributed by atoms with E-state index >= 15 is 0 Å². The molecule has 0 aliphatic heterocycles. The summed E-state index contributed by atoms with van der Waals surface area (Å²) in [7, 11) is 0. The highest BCUT2D eigenvalue weighted by Crippen LogP contribution is 2.31. The average molecular weight is 414 g/mol. The van der Waals surface area contributed by atoms with Crippen LogP contribution in [0.15, 0.2) is 90.0 Å². The first-order valence-corrected chi connectivity index (χ1v) is 11.0. The molecule has 1 amide bonds. The fourth-order valence-electron chi connectivity index (χ4n) is 3.35. The van der Waals surface area contributed by atoms with Crippen LogP contribution in [0.2, 0.25) is 0 Å². The van der Waals surface area contributed by atoms with Gasteiger partial charge in [0.2, 0.25) is 5.91 Å². The first-order valence-electron chi connectivity index (χ1n) is 10.1. The van der Waals surface area contributed by atoms with Crippen molar-refractivity contribution in [3.05, 3.63) is 90.5 Å².